The van der Waals surface area contributed by atoms with Crippen LogP contribution < -0.4 is 10.0 Å². The Bertz CT molecular complexity index is 498. The van der Waals surface area contributed by atoms with Crippen LogP contribution in [0.3, 0.4) is 0 Å². The predicted octanol–water partition coefficient (Wildman–Crippen LogP) is 1.74. The van der Waals surface area contributed by atoms with Crippen LogP contribution in [0.4, 0.5) is 5.69 Å². The maximum atomic E-state index is 11.8. The van der Waals surface area contributed by atoms with E-state index in [0.717, 1.165) is 18.8 Å². The van der Waals surface area contributed by atoms with E-state index in [1.165, 1.54) is 0 Å². The van der Waals surface area contributed by atoms with Crippen molar-refractivity contribution in [3.63, 3.8) is 0 Å². The Morgan fingerprint density at radius 2 is 1.80 bits per heavy atom. The lowest BCUT2D eigenvalue weighted by molar-refractivity contribution is 0.284. The monoisotopic (exact) mass is 299 g/mol. The summed E-state index contributed by atoms with van der Waals surface area (Å²) in [6.45, 7) is 8.23. The molecule has 1 aromatic carbocycles. The summed E-state index contributed by atoms with van der Waals surface area (Å²) < 4.78 is 26.0. The molecule has 5 nitrogen and oxygen atoms in total. The smallest absolute Gasteiger partial charge is 0.240 e. The lowest BCUT2D eigenvalue weighted by Crippen LogP contribution is -2.31. The molecule has 0 aliphatic rings. The Morgan fingerprint density at radius 3 is 2.30 bits per heavy atom. The lowest BCUT2D eigenvalue weighted by atomic mass is 10.3. The number of hydrogen-bond acceptors (Lipinski definition) is 4. The molecule has 0 bridgehead atoms. The minimum Gasteiger partial charge on any atom is -0.384 e. The molecule has 114 valence electrons. The maximum absolute atomic E-state index is 11.8. The van der Waals surface area contributed by atoms with Crippen molar-refractivity contribution in [2.45, 2.75) is 31.7 Å². The summed E-state index contributed by atoms with van der Waals surface area (Å²) in [5, 5.41) is 3.28. The highest BCUT2D eigenvalue weighted by molar-refractivity contribution is 7.89. The van der Waals surface area contributed by atoms with Gasteiger partial charge in [-0.15, -0.1) is 0 Å². The number of nitrogens with zero attached hydrogens (tertiary/aromatic N) is 1. The van der Waals surface area contributed by atoms with Gasteiger partial charge in [-0.1, -0.05) is 6.92 Å². The van der Waals surface area contributed by atoms with E-state index >= 15 is 0 Å². The van der Waals surface area contributed by atoms with Crippen molar-refractivity contribution in [2.75, 3.05) is 32.0 Å². The van der Waals surface area contributed by atoms with Gasteiger partial charge in [0, 0.05) is 31.4 Å². The van der Waals surface area contributed by atoms with E-state index in [1.807, 2.05) is 0 Å². The number of nitrogens with one attached hydrogen (secondary N) is 2. The van der Waals surface area contributed by atoms with Gasteiger partial charge in [-0.3, -0.25) is 0 Å². The molecule has 0 atom stereocenters. The normalized spacial score (nSPS) is 12.1. The first-order chi connectivity index (χ1) is 9.36. The van der Waals surface area contributed by atoms with Gasteiger partial charge >= 0.3 is 0 Å². The Kier molecular flexibility index (Phi) is 6.45. The average molecular weight is 299 g/mol. The van der Waals surface area contributed by atoms with Gasteiger partial charge in [0.1, 0.15) is 0 Å². The fourth-order valence-corrected chi connectivity index (χ4v) is 2.70. The zero-order valence-electron chi connectivity index (χ0n) is 12.7. The quantitative estimate of drug-likeness (QED) is 0.767. The van der Waals surface area contributed by atoms with Gasteiger partial charge in [-0.05, 0) is 45.2 Å². The van der Waals surface area contributed by atoms with Crippen LogP contribution in [0.1, 0.15) is 20.8 Å². The fraction of sp³-hybridized carbons (Fsp3) is 0.571. The van der Waals surface area contributed by atoms with Crippen molar-refractivity contribution in [1.82, 2.24) is 9.62 Å². The minimum atomic E-state index is -3.36. The molecule has 0 aliphatic carbocycles. The van der Waals surface area contributed by atoms with Crippen LogP contribution in [0, 0.1) is 0 Å². The molecule has 0 fully saturated rings. The van der Waals surface area contributed by atoms with Crippen LogP contribution in [0.2, 0.25) is 0 Å². The van der Waals surface area contributed by atoms with Crippen molar-refractivity contribution in [1.29, 1.82) is 0 Å². The van der Waals surface area contributed by atoms with Crippen molar-refractivity contribution >= 4 is 15.7 Å². The summed E-state index contributed by atoms with van der Waals surface area (Å²) in [5.74, 6) is 0. The largest absolute Gasteiger partial charge is 0.384 e. The van der Waals surface area contributed by atoms with Crippen LogP contribution in [0.25, 0.3) is 0 Å². The van der Waals surface area contributed by atoms with Crippen LogP contribution >= 0.6 is 0 Å². The van der Waals surface area contributed by atoms with Gasteiger partial charge in [-0.2, -0.15) is 0 Å². The number of sulfonamides is 1. The van der Waals surface area contributed by atoms with Crippen LogP contribution in [-0.4, -0.2) is 46.0 Å². The van der Waals surface area contributed by atoms with E-state index in [-0.39, 0.29) is 0 Å². The zero-order valence-corrected chi connectivity index (χ0v) is 13.5. The molecule has 20 heavy (non-hydrogen) atoms. The third-order valence-corrected chi connectivity index (χ3v) is 4.74. The number of hydrogen-bond donors (Lipinski definition) is 2. The van der Waals surface area contributed by atoms with Crippen LogP contribution in [0.5, 0.6) is 0 Å². The second kappa shape index (κ2) is 7.61. The molecule has 0 amide bonds. The molecule has 0 aliphatic heterocycles. The van der Waals surface area contributed by atoms with E-state index < -0.39 is 10.0 Å². The fourth-order valence-electron chi connectivity index (χ4n) is 1.66. The third kappa shape index (κ3) is 5.11. The van der Waals surface area contributed by atoms with Crippen LogP contribution in [-0.2, 0) is 10.0 Å². The molecule has 1 rings (SSSR count). The first kappa shape index (κ1) is 16.9. The number of anilines is 1. The van der Waals surface area contributed by atoms with E-state index in [2.05, 4.69) is 35.8 Å². The second-order valence-electron chi connectivity index (χ2n) is 5.03. The summed E-state index contributed by atoms with van der Waals surface area (Å²) in [6.07, 6.45) is 0. The number of benzene rings is 1. The number of likely N-dealkylation sites (N-methyl/N-ethyl adjacent to an activating group) is 1. The van der Waals surface area contributed by atoms with Gasteiger partial charge in [-0.25, -0.2) is 13.1 Å². The van der Waals surface area contributed by atoms with E-state index in [9.17, 15) is 8.42 Å². The third-order valence-electron chi connectivity index (χ3n) is 3.17. The highest BCUT2D eigenvalue weighted by atomic mass is 32.2. The van der Waals surface area contributed by atoms with Crippen molar-refractivity contribution < 1.29 is 8.42 Å². The summed E-state index contributed by atoms with van der Waals surface area (Å²) in [4.78, 5) is 2.54. The summed E-state index contributed by atoms with van der Waals surface area (Å²) in [6, 6.07) is 7.34. The molecular weight excluding hydrogens is 274 g/mol. The lowest BCUT2D eigenvalue weighted by Gasteiger charge is -2.21. The van der Waals surface area contributed by atoms with Gasteiger partial charge in [0.25, 0.3) is 0 Å². The first-order valence-electron chi connectivity index (χ1n) is 6.90. The summed E-state index contributed by atoms with van der Waals surface area (Å²) >= 11 is 0. The topological polar surface area (TPSA) is 61.4 Å². The second-order valence-corrected chi connectivity index (χ2v) is 6.79. The standard InChI is InChI=1S/C14H25N3O2S/c1-5-16-20(18,19)14-8-6-13(7-9-14)15-10-11-17(4)12(2)3/h6-9,12,15-16H,5,10-11H2,1-4H3. The molecular formula is C14H25N3O2S. The van der Waals surface area contributed by atoms with E-state index in [4.69, 9.17) is 0 Å². The molecule has 6 heteroatoms. The molecule has 2 N–H and O–H groups in total. The molecule has 0 unspecified atom stereocenters. The van der Waals surface area contributed by atoms with Gasteiger partial charge in [0.2, 0.25) is 10.0 Å². The number of rotatable bonds is 8. The zero-order chi connectivity index (χ0) is 15.2. The highest BCUT2D eigenvalue weighted by Gasteiger charge is 2.11. The Balaban J connectivity index is 2.55. The molecule has 0 radical (unpaired) electrons. The van der Waals surface area contributed by atoms with Crippen molar-refractivity contribution in [3.8, 4) is 0 Å². The summed E-state index contributed by atoms with van der Waals surface area (Å²) in [5.41, 5.74) is 0.928. The molecule has 0 saturated carbocycles. The molecule has 1 aromatic rings. The van der Waals surface area contributed by atoms with E-state index in [1.54, 1.807) is 31.2 Å². The van der Waals surface area contributed by atoms with E-state index in [0.29, 0.717) is 17.5 Å². The molecule has 0 heterocycles. The SMILES string of the molecule is CCNS(=O)(=O)c1ccc(NCCN(C)C(C)C)cc1. The van der Waals surface area contributed by atoms with Crippen molar-refractivity contribution in [2.24, 2.45) is 0 Å². The Hall–Kier alpha value is -1.11. The van der Waals surface area contributed by atoms with Gasteiger partial charge in [0.15, 0.2) is 0 Å². The first-order valence-corrected chi connectivity index (χ1v) is 8.39. The highest BCUT2D eigenvalue weighted by Crippen LogP contribution is 2.13. The Labute approximate surface area is 122 Å². The molecule has 0 saturated heterocycles. The predicted molar refractivity (Wildman–Crippen MR) is 83.6 cm³/mol. The minimum absolute atomic E-state index is 0.296. The van der Waals surface area contributed by atoms with Crippen molar-refractivity contribution in [3.05, 3.63) is 24.3 Å². The van der Waals surface area contributed by atoms with Gasteiger partial charge in [0.05, 0.1) is 4.90 Å². The van der Waals surface area contributed by atoms with Crippen LogP contribution in [0.15, 0.2) is 29.2 Å². The molecule has 0 spiro atoms. The maximum Gasteiger partial charge on any atom is 0.240 e. The average Bonchev–Trinajstić information content (AvgIpc) is 2.39. The Morgan fingerprint density at radius 1 is 1.20 bits per heavy atom. The summed E-state index contributed by atoms with van der Waals surface area (Å²) in [7, 11) is -1.28. The van der Waals surface area contributed by atoms with Gasteiger partial charge < -0.3 is 10.2 Å². The molecule has 0 aromatic heterocycles.